The minimum Gasteiger partial charge on any atom is -0.357 e. The summed E-state index contributed by atoms with van der Waals surface area (Å²) in [6.07, 6.45) is 3.59. The molecule has 2 N–H and O–H groups in total. The maximum absolute atomic E-state index is 12.2. The fraction of sp³-hybridized carbons (Fsp3) is 0.545. The molecule has 0 radical (unpaired) electrons. The third kappa shape index (κ3) is 5.58. The predicted molar refractivity (Wildman–Crippen MR) is 119 cm³/mol. The molecular weight excluding hydrogens is 378 g/mol. The number of carbonyl (C=O) groups is 1. The maximum Gasteiger partial charge on any atom is 0.253 e. The molecule has 1 aliphatic heterocycles. The third-order valence-corrected chi connectivity index (χ3v) is 5.15. The van der Waals surface area contributed by atoms with Crippen LogP contribution in [0.25, 0.3) is 0 Å². The first-order valence-electron chi connectivity index (χ1n) is 10.8. The summed E-state index contributed by atoms with van der Waals surface area (Å²) in [6.45, 7) is 6.41. The van der Waals surface area contributed by atoms with Crippen molar-refractivity contribution in [2.45, 2.75) is 52.1 Å². The first-order chi connectivity index (χ1) is 14.5. The standard InChI is InChI=1S/C22H33N7O/c1-5-19-26-20-11-10-18(15-29(20)27-19)25-22(23-6-2)24-13-12-16-8-7-9-17(14-16)21(30)28(3)4/h7-9,14,18H,5-6,10-13,15H2,1-4H3,(H2,23,24,25). The zero-order valence-corrected chi connectivity index (χ0v) is 18.5. The van der Waals surface area contributed by atoms with Gasteiger partial charge in [0.25, 0.3) is 5.91 Å². The van der Waals surface area contributed by atoms with E-state index in [9.17, 15) is 4.79 Å². The fourth-order valence-corrected chi connectivity index (χ4v) is 3.56. The number of amides is 1. The second-order valence-corrected chi connectivity index (χ2v) is 7.77. The van der Waals surface area contributed by atoms with Gasteiger partial charge in [-0.25, -0.2) is 9.67 Å². The molecule has 0 saturated carbocycles. The molecule has 1 aliphatic rings. The summed E-state index contributed by atoms with van der Waals surface area (Å²) in [5, 5.41) is 11.5. The Balaban J connectivity index is 1.59. The minimum absolute atomic E-state index is 0.0198. The molecule has 0 fully saturated rings. The zero-order chi connectivity index (χ0) is 21.5. The molecule has 1 aromatic carbocycles. The van der Waals surface area contributed by atoms with Crippen LogP contribution >= 0.6 is 0 Å². The van der Waals surface area contributed by atoms with Gasteiger partial charge in [0.2, 0.25) is 0 Å². The lowest BCUT2D eigenvalue weighted by Gasteiger charge is -2.25. The van der Waals surface area contributed by atoms with E-state index in [2.05, 4.69) is 34.6 Å². The monoisotopic (exact) mass is 411 g/mol. The second-order valence-electron chi connectivity index (χ2n) is 7.77. The van der Waals surface area contributed by atoms with E-state index >= 15 is 0 Å². The van der Waals surface area contributed by atoms with E-state index in [4.69, 9.17) is 4.99 Å². The van der Waals surface area contributed by atoms with Crippen molar-refractivity contribution in [1.29, 1.82) is 0 Å². The van der Waals surface area contributed by atoms with E-state index < -0.39 is 0 Å². The maximum atomic E-state index is 12.2. The molecule has 162 valence electrons. The lowest BCUT2D eigenvalue weighted by molar-refractivity contribution is 0.0827. The van der Waals surface area contributed by atoms with Gasteiger partial charge in [-0.2, -0.15) is 5.10 Å². The highest BCUT2D eigenvalue weighted by molar-refractivity contribution is 5.94. The van der Waals surface area contributed by atoms with Crippen molar-refractivity contribution in [3.8, 4) is 0 Å². The number of hydrogen-bond acceptors (Lipinski definition) is 4. The van der Waals surface area contributed by atoms with Crippen LogP contribution in [0, 0.1) is 0 Å². The largest absolute Gasteiger partial charge is 0.357 e. The molecule has 2 aromatic rings. The topological polar surface area (TPSA) is 87.4 Å². The average molecular weight is 412 g/mol. The molecule has 0 aliphatic carbocycles. The Morgan fingerprint density at radius 2 is 2.17 bits per heavy atom. The van der Waals surface area contributed by atoms with Crippen LogP contribution in [0.5, 0.6) is 0 Å². The lowest BCUT2D eigenvalue weighted by atomic mass is 10.1. The van der Waals surface area contributed by atoms with Crippen molar-refractivity contribution in [2.75, 3.05) is 27.2 Å². The summed E-state index contributed by atoms with van der Waals surface area (Å²) in [7, 11) is 3.54. The van der Waals surface area contributed by atoms with Crippen molar-refractivity contribution in [2.24, 2.45) is 4.99 Å². The number of carbonyl (C=O) groups excluding carboxylic acids is 1. The minimum atomic E-state index is 0.0198. The van der Waals surface area contributed by atoms with Crippen LogP contribution in [0.1, 0.15) is 47.8 Å². The van der Waals surface area contributed by atoms with Crippen LogP contribution in [0.2, 0.25) is 0 Å². The molecule has 0 spiro atoms. The Kier molecular flexibility index (Phi) is 7.43. The number of aromatic nitrogens is 3. The van der Waals surface area contributed by atoms with Crippen molar-refractivity contribution in [3.05, 3.63) is 47.0 Å². The number of aryl methyl sites for hydroxylation is 2. The second kappa shape index (κ2) is 10.2. The summed E-state index contributed by atoms with van der Waals surface area (Å²) < 4.78 is 2.02. The molecule has 3 rings (SSSR count). The van der Waals surface area contributed by atoms with Gasteiger partial charge in [-0.05, 0) is 37.5 Å². The average Bonchev–Trinajstić information content (AvgIpc) is 3.16. The Labute approximate surface area is 178 Å². The van der Waals surface area contributed by atoms with E-state index in [1.54, 1.807) is 19.0 Å². The molecule has 1 amide bonds. The number of benzene rings is 1. The number of aliphatic imine (C=N–C) groups is 1. The summed E-state index contributed by atoms with van der Waals surface area (Å²) in [6, 6.07) is 8.06. The van der Waals surface area contributed by atoms with Crippen molar-refractivity contribution >= 4 is 11.9 Å². The van der Waals surface area contributed by atoms with Gasteiger partial charge < -0.3 is 15.5 Å². The van der Waals surface area contributed by atoms with Crippen LogP contribution in [0.4, 0.5) is 0 Å². The lowest BCUT2D eigenvalue weighted by Crippen LogP contribution is -2.47. The van der Waals surface area contributed by atoms with E-state index in [1.165, 1.54) is 0 Å². The Morgan fingerprint density at radius 3 is 2.90 bits per heavy atom. The smallest absolute Gasteiger partial charge is 0.253 e. The Hall–Kier alpha value is -2.90. The van der Waals surface area contributed by atoms with Crippen LogP contribution in [0.3, 0.4) is 0 Å². The van der Waals surface area contributed by atoms with Gasteiger partial charge in [0, 0.05) is 51.6 Å². The number of fused-ring (bicyclic) bond motifs is 1. The molecule has 8 heteroatoms. The van der Waals surface area contributed by atoms with Crippen LogP contribution in [-0.2, 0) is 25.8 Å². The molecule has 8 nitrogen and oxygen atoms in total. The summed E-state index contributed by atoms with van der Waals surface area (Å²) in [5.74, 6) is 2.84. The van der Waals surface area contributed by atoms with Gasteiger partial charge in [0.1, 0.15) is 5.82 Å². The first kappa shape index (κ1) is 21.8. The predicted octanol–water partition coefficient (Wildman–Crippen LogP) is 1.65. The highest BCUT2D eigenvalue weighted by Crippen LogP contribution is 2.13. The fourth-order valence-electron chi connectivity index (χ4n) is 3.56. The molecule has 1 atom stereocenters. The molecule has 1 unspecified atom stereocenters. The molecular formula is C22H33N7O. The Bertz CT molecular complexity index is 887. The van der Waals surface area contributed by atoms with Gasteiger partial charge in [0.05, 0.1) is 6.54 Å². The Morgan fingerprint density at radius 1 is 1.33 bits per heavy atom. The number of rotatable bonds is 7. The van der Waals surface area contributed by atoms with E-state index in [0.29, 0.717) is 12.1 Å². The molecule has 1 aromatic heterocycles. The van der Waals surface area contributed by atoms with Gasteiger partial charge in [-0.3, -0.25) is 9.79 Å². The van der Waals surface area contributed by atoms with Crippen molar-refractivity contribution in [1.82, 2.24) is 30.3 Å². The quantitative estimate of drug-likeness (QED) is 0.534. The third-order valence-electron chi connectivity index (χ3n) is 5.15. The molecule has 0 saturated heterocycles. The van der Waals surface area contributed by atoms with E-state index in [0.717, 1.165) is 61.9 Å². The van der Waals surface area contributed by atoms with Crippen molar-refractivity contribution < 1.29 is 4.79 Å². The normalized spacial score (nSPS) is 16.1. The molecule has 0 bridgehead atoms. The van der Waals surface area contributed by atoms with Crippen LogP contribution in [0.15, 0.2) is 29.3 Å². The molecule has 2 heterocycles. The number of guanidine groups is 1. The summed E-state index contributed by atoms with van der Waals surface area (Å²) in [4.78, 5) is 23.1. The zero-order valence-electron chi connectivity index (χ0n) is 18.5. The SMILES string of the molecule is CCNC(=NCCc1cccc(C(=O)N(C)C)c1)NC1CCc2nc(CC)nn2C1. The van der Waals surface area contributed by atoms with Gasteiger partial charge >= 0.3 is 0 Å². The number of hydrogen-bond donors (Lipinski definition) is 2. The van der Waals surface area contributed by atoms with E-state index in [-0.39, 0.29) is 11.9 Å². The van der Waals surface area contributed by atoms with Gasteiger partial charge in [-0.1, -0.05) is 19.1 Å². The van der Waals surface area contributed by atoms with Crippen LogP contribution in [-0.4, -0.2) is 64.8 Å². The van der Waals surface area contributed by atoms with Crippen LogP contribution < -0.4 is 10.6 Å². The first-order valence-corrected chi connectivity index (χ1v) is 10.8. The number of nitrogens with zero attached hydrogens (tertiary/aromatic N) is 5. The summed E-state index contributed by atoms with van der Waals surface area (Å²) in [5.41, 5.74) is 1.82. The van der Waals surface area contributed by atoms with Gasteiger partial charge in [-0.15, -0.1) is 0 Å². The summed E-state index contributed by atoms with van der Waals surface area (Å²) >= 11 is 0. The molecule has 30 heavy (non-hydrogen) atoms. The highest BCUT2D eigenvalue weighted by Gasteiger charge is 2.22. The van der Waals surface area contributed by atoms with Crippen molar-refractivity contribution in [3.63, 3.8) is 0 Å². The van der Waals surface area contributed by atoms with Gasteiger partial charge in [0.15, 0.2) is 11.8 Å². The van der Waals surface area contributed by atoms with E-state index in [1.807, 2.05) is 28.9 Å². The highest BCUT2D eigenvalue weighted by atomic mass is 16.2. The number of nitrogens with one attached hydrogen (secondary N) is 2.